The van der Waals surface area contributed by atoms with Gasteiger partial charge in [-0.05, 0) is 54.5 Å². The molecule has 20 heavy (non-hydrogen) atoms. The molecule has 0 saturated carbocycles. The first kappa shape index (κ1) is 13.1. The summed E-state index contributed by atoms with van der Waals surface area (Å²) in [7, 11) is 0. The minimum Gasteiger partial charge on any atom is -0.299 e. The quantitative estimate of drug-likeness (QED) is 0.814. The number of Topliss-reactive ketones (excluding diaryl/α,β-unsaturated/α-hetero) is 1. The average molecular weight is 264 g/mol. The average Bonchev–Trinajstić information content (AvgIpc) is 2.87. The van der Waals surface area contributed by atoms with Gasteiger partial charge < -0.3 is 0 Å². The summed E-state index contributed by atoms with van der Waals surface area (Å²) in [6.07, 6.45) is 2.58. The molecule has 0 saturated heterocycles. The van der Waals surface area contributed by atoms with Gasteiger partial charge in [-0.15, -0.1) is 0 Å². The molecule has 102 valence electrons. The van der Waals surface area contributed by atoms with Crippen molar-refractivity contribution in [1.29, 1.82) is 0 Å². The van der Waals surface area contributed by atoms with E-state index in [0.717, 1.165) is 12.8 Å². The molecule has 2 aromatic rings. The number of ketones is 1. The number of benzene rings is 2. The zero-order valence-electron chi connectivity index (χ0n) is 12.1. The van der Waals surface area contributed by atoms with Gasteiger partial charge in [-0.2, -0.15) is 0 Å². The van der Waals surface area contributed by atoms with Gasteiger partial charge in [-0.3, -0.25) is 4.79 Å². The lowest BCUT2D eigenvalue weighted by Crippen LogP contribution is -2.14. The first-order chi connectivity index (χ1) is 9.66. The SMILES string of the molecule is Cc1cccc(C)c1CC(=O)C1CCc2ccccc21. The normalized spacial score (nSPS) is 17.0. The summed E-state index contributed by atoms with van der Waals surface area (Å²) in [4.78, 5) is 12.7. The second-order valence-corrected chi connectivity index (χ2v) is 5.80. The van der Waals surface area contributed by atoms with Crippen molar-refractivity contribution >= 4 is 5.78 Å². The second-order valence-electron chi connectivity index (χ2n) is 5.80. The largest absolute Gasteiger partial charge is 0.299 e. The number of hydrogen-bond donors (Lipinski definition) is 0. The first-order valence-corrected chi connectivity index (χ1v) is 7.32. The van der Waals surface area contributed by atoms with Crippen LogP contribution in [-0.2, 0) is 17.6 Å². The van der Waals surface area contributed by atoms with Crippen LogP contribution in [0.5, 0.6) is 0 Å². The molecule has 0 bridgehead atoms. The molecule has 1 atom stereocenters. The van der Waals surface area contributed by atoms with Crippen LogP contribution in [0.4, 0.5) is 0 Å². The summed E-state index contributed by atoms with van der Waals surface area (Å²) in [5.41, 5.74) is 6.27. The monoisotopic (exact) mass is 264 g/mol. The Balaban J connectivity index is 1.85. The van der Waals surface area contributed by atoms with E-state index in [0.29, 0.717) is 12.2 Å². The van der Waals surface area contributed by atoms with Crippen molar-refractivity contribution in [2.24, 2.45) is 0 Å². The van der Waals surface area contributed by atoms with Crippen molar-refractivity contribution in [3.8, 4) is 0 Å². The standard InChI is InChI=1S/C19H20O/c1-13-6-5-7-14(2)18(13)12-19(20)17-11-10-15-8-3-4-9-16(15)17/h3-9,17H,10-12H2,1-2H3. The van der Waals surface area contributed by atoms with E-state index in [-0.39, 0.29) is 5.92 Å². The van der Waals surface area contributed by atoms with Crippen LogP contribution in [0.2, 0.25) is 0 Å². The Kier molecular flexibility index (Phi) is 3.43. The highest BCUT2D eigenvalue weighted by molar-refractivity contribution is 5.89. The second kappa shape index (κ2) is 5.24. The van der Waals surface area contributed by atoms with E-state index >= 15 is 0 Å². The number of rotatable bonds is 3. The van der Waals surface area contributed by atoms with E-state index in [9.17, 15) is 4.79 Å². The van der Waals surface area contributed by atoms with Gasteiger partial charge in [-0.1, -0.05) is 42.5 Å². The van der Waals surface area contributed by atoms with E-state index in [2.05, 4.69) is 50.2 Å². The zero-order valence-corrected chi connectivity index (χ0v) is 12.1. The molecule has 0 fully saturated rings. The Labute approximate surface area is 120 Å². The van der Waals surface area contributed by atoms with Gasteiger partial charge in [0, 0.05) is 12.3 Å². The molecular formula is C19H20O. The van der Waals surface area contributed by atoms with Gasteiger partial charge >= 0.3 is 0 Å². The Morgan fingerprint density at radius 1 is 1.05 bits per heavy atom. The highest BCUT2D eigenvalue weighted by Gasteiger charge is 2.28. The Morgan fingerprint density at radius 3 is 2.50 bits per heavy atom. The third-order valence-corrected chi connectivity index (χ3v) is 4.52. The molecule has 0 N–H and O–H groups in total. The molecule has 1 heteroatoms. The summed E-state index contributed by atoms with van der Waals surface area (Å²) in [5, 5.41) is 0. The maximum Gasteiger partial charge on any atom is 0.144 e. The fraction of sp³-hybridized carbons (Fsp3) is 0.316. The summed E-state index contributed by atoms with van der Waals surface area (Å²) < 4.78 is 0. The van der Waals surface area contributed by atoms with E-state index in [4.69, 9.17) is 0 Å². The summed E-state index contributed by atoms with van der Waals surface area (Å²) in [5.74, 6) is 0.470. The molecule has 0 aromatic heterocycles. The lowest BCUT2D eigenvalue weighted by Gasteiger charge is -2.13. The summed E-state index contributed by atoms with van der Waals surface area (Å²) in [6, 6.07) is 14.6. The van der Waals surface area contributed by atoms with Crippen LogP contribution < -0.4 is 0 Å². The molecular weight excluding hydrogens is 244 g/mol. The van der Waals surface area contributed by atoms with Crippen molar-refractivity contribution in [2.75, 3.05) is 0 Å². The number of aryl methyl sites for hydroxylation is 3. The smallest absolute Gasteiger partial charge is 0.144 e. The van der Waals surface area contributed by atoms with Gasteiger partial charge in [0.2, 0.25) is 0 Å². The Hall–Kier alpha value is -1.89. The number of hydrogen-bond acceptors (Lipinski definition) is 1. The van der Waals surface area contributed by atoms with Crippen molar-refractivity contribution in [3.63, 3.8) is 0 Å². The molecule has 0 amide bonds. The van der Waals surface area contributed by atoms with Crippen LogP contribution in [0.3, 0.4) is 0 Å². The van der Waals surface area contributed by atoms with Crippen molar-refractivity contribution in [1.82, 2.24) is 0 Å². The maximum atomic E-state index is 12.7. The predicted octanol–water partition coefficient (Wildman–Crippen LogP) is 4.15. The lowest BCUT2D eigenvalue weighted by molar-refractivity contribution is -0.119. The molecule has 1 unspecified atom stereocenters. The molecule has 1 aliphatic carbocycles. The van der Waals surface area contributed by atoms with E-state index in [1.807, 2.05) is 6.07 Å². The van der Waals surface area contributed by atoms with Crippen LogP contribution in [0.15, 0.2) is 42.5 Å². The third kappa shape index (κ3) is 2.29. The minimum absolute atomic E-state index is 0.102. The fourth-order valence-corrected chi connectivity index (χ4v) is 3.32. The van der Waals surface area contributed by atoms with Crippen molar-refractivity contribution < 1.29 is 4.79 Å². The highest BCUT2D eigenvalue weighted by Crippen LogP contribution is 2.34. The van der Waals surface area contributed by atoms with Crippen molar-refractivity contribution in [3.05, 3.63) is 70.3 Å². The molecule has 3 rings (SSSR count). The summed E-state index contributed by atoms with van der Waals surface area (Å²) in [6.45, 7) is 4.19. The van der Waals surface area contributed by atoms with Gasteiger partial charge in [0.25, 0.3) is 0 Å². The Morgan fingerprint density at radius 2 is 1.75 bits per heavy atom. The number of fused-ring (bicyclic) bond motifs is 1. The molecule has 0 aliphatic heterocycles. The zero-order chi connectivity index (χ0) is 14.1. The fourth-order valence-electron chi connectivity index (χ4n) is 3.32. The van der Waals surface area contributed by atoms with E-state index in [1.165, 1.54) is 27.8 Å². The molecule has 1 nitrogen and oxygen atoms in total. The van der Waals surface area contributed by atoms with Crippen LogP contribution in [0.1, 0.15) is 40.2 Å². The van der Waals surface area contributed by atoms with Crippen LogP contribution in [-0.4, -0.2) is 5.78 Å². The Bertz CT molecular complexity index is 634. The summed E-state index contributed by atoms with van der Waals surface area (Å²) >= 11 is 0. The van der Waals surface area contributed by atoms with Gasteiger partial charge in [0.15, 0.2) is 0 Å². The van der Waals surface area contributed by atoms with Gasteiger partial charge in [-0.25, -0.2) is 0 Å². The molecule has 0 heterocycles. The highest BCUT2D eigenvalue weighted by atomic mass is 16.1. The van der Waals surface area contributed by atoms with Crippen LogP contribution in [0, 0.1) is 13.8 Å². The third-order valence-electron chi connectivity index (χ3n) is 4.52. The van der Waals surface area contributed by atoms with Gasteiger partial charge in [0.05, 0.1) is 0 Å². The lowest BCUT2D eigenvalue weighted by atomic mass is 9.90. The number of carbonyl (C=O) groups is 1. The van der Waals surface area contributed by atoms with E-state index in [1.54, 1.807) is 0 Å². The van der Waals surface area contributed by atoms with Gasteiger partial charge in [0.1, 0.15) is 5.78 Å². The molecule has 2 aromatic carbocycles. The predicted molar refractivity (Wildman–Crippen MR) is 82.1 cm³/mol. The number of carbonyl (C=O) groups excluding carboxylic acids is 1. The van der Waals surface area contributed by atoms with Crippen LogP contribution in [0.25, 0.3) is 0 Å². The topological polar surface area (TPSA) is 17.1 Å². The van der Waals surface area contributed by atoms with Crippen molar-refractivity contribution in [2.45, 2.75) is 39.0 Å². The minimum atomic E-state index is 0.102. The first-order valence-electron chi connectivity index (χ1n) is 7.32. The van der Waals surface area contributed by atoms with E-state index < -0.39 is 0 Å². The molecule has 0 radical (unpaired) electrons. The molecule has 1 aliphatic rings. The molecule has 0 spiro atoms. The maximum absolute atomic E-state index is 12.7. The van der Waals surface area contributed by atoms with Crippen LogP contribution >= 0.6 is 0 Å².